The normalized spacial score (nSPS) is 18.0. The van der Waals surface area contributed by atoms with E-state index in [-0.39, 0.29) is 5.91 Å². The monoisotopic (exact) mass is 389 g/mol. The van der Waals surface area contributed by atoms with Crippen LogP contribution in [0.3, 0.4) is 0 Å². The van der Waals surface area contributed by atoms with Gasteiger partial charge in [0.15, 0.2) is 0 Å². The van der Waals surface area contributed by atoms with E-state index < -0.39 is 0 Å². The van der Waals surface area contributed by atoms with E-state index in [0.717, 1.165) is 28.9 Å². The topological polar surface area (TPSA) is 44.4 Å². The molecule has 2 aliphatic heterocycles. The first kappa shape index (κ1) is 19.7. The van der Waals surface area contributed by atoms with Crippen LogP contribution in [0, 0.1) is 6.92 Å². The Labute approximate surface area is 174 Å². The van der Waals surface area contributed by atoms with Gasteiger partial charge < -0.3 is 15.5 Å². The van der Waals surface area contributed by atoms with E-state index in [1.54, 1.807) is 0 Å². The molecule has 2 aliphatic rings. The van der Waals surface area contributed by atoms with E-state index >= 15 is 0 Å². The molecule has 1 saturated heterocycles. The van der Waals surface area contributed by atoms with Crippen LogP contribution >= 0.6 is 0 Å². The highest BCUT2D eigenvalue weighted by Gasteiger charge is 2.25. The van der Waals surface area contributed by atoms with Gasteiger partial charge in [0.25, 0.3) is 5.91 Å². The van der Waals surface area contributed by atoms with Crippen LogP contribution in [-0.2, 0) is 11.2 Å². The van der Waals surface area contributed by atoms with E-state index in [9.17, 15) is 4.79 Å². The predicted octanol–water partition coefficient (Wildman–Crippen LogP) is 5.21. The second-order valence-electron chi connectivity index (χ2n) is 8.21. The number of nitrogens with zero attached hydrogens (tertiary/aromatic N) is 1. The zero-order chi connectivity index (χ0) is 20.1. The third-order valence-corrected chi connectivity index (χ3v) is 6.01. The number of rotatable bonds is 7. The molecule has 29 heavy (non-hydrogen) atoms. The number of piperidine rings is 1. The minimum atomic E-state index is -0.0490. The van der Waals surface area contributed by atoms with E-state index in [1.165, 1.54) is 57.3 Å². The first-order chi connectivity index (χ1) is 14.2. The first-order valence-corrected chi connectivity index (χ1v) is 10.9. The zero-order valence-electron chi connectivity index (χ0n) is 17.3. The summed E-state index contributed by atoms with van der Waals surface area (Å²) >= 11 is 0. The second-order valence-corrected chi connectivity index (χ2v) is 8.21. The number of aryl methyl sites for hydroxylation is 2. The molecule has 0 spiro atoms. The highest BCUT2D eigenvalue weighted by molar-refractivity contribution is 6.32. The third kappa shape index (κ3) is 4.88. The third-order valence-electron chi connectivity index (χ3n) is 6.01. The SMILES string of the molecule is Cc1cccc2c1C(=CNc1ccc(CCCCN3CCCCC3)cc1)C(=O)N2. The van der Waals surface area contributed by atoms with E-state index in [0.29, 0.717) is 5.57 Å². The van der Waals surface area contributed by atoms with Crippen molar-refractivity contribution >= 4 is 22.9 Å². The van der Waals surface area contributed by atoms with Crippen LogP contribution in [0.25, 0.3) is 5.57 Å². The summed E-state index contributed by atoms with van der Waals surface area (Å²) in [5.41, 5.74) is 6.07. The van der Waals surface area contributed by atoms with Gasteiger partial charge in [0.1, 0.15) is 0 Å². The smallest absolute Gasteiger partial charge is 0.257 e. The van der Waals surface area contributed by atoms with Crippen LogP contribution in [-0.4, -0.2) is 30.4 Å². The van der Waals surface area contributed by atoms with Gasteiger partial charge in [0, 0.05) is 23.1 Å². The van der Waals surface area contributed by atoms with Gasteiger partial charge in [0.05, 0.1) is 5.57 Å². The van der Waals surface area contributed by atoms with Gasteiger partial charge in [-0.25, -0.2) is 0 Å². The van der Waals surface area contributed by atoms with E-state index in [1.807, 2.05) is 31.3 Å². The number of hydrogen-bond acceptors (Lipinski definition) is 3. The van der Waals surface area contributed by atoms with Crippen LogP contribution < -0.4 is 10.6 Å². The van der Waals surface area contributed by atoms with Crippen molar-refractivity contribution in [2.45, 2.75) is 45.4 Å². The number of benzene rings is 2. The van der Waals surface area contributed by atoms with E-state index in [2.05, 4.69) is 39.8 Å². The summed E-state index contributed by atoms with van der Waals surface area (Å²) in [6.07, 6.45) is 9.62. The lowest BCUT2D eigenvalue weighted by atomic mass is 10.0. The molecule has 1 amide bonds. The Kier molecular flexibility index (Phi) is 6.30. The molecule has 4 nitrogen and oxygen atoms in total. The Bertz CT molecular complexity index is 879. The second kappa shape index (κ2) is 9.27. The summed E-state index contributed by atoms with van der Waals surface area (Å²) in [5.74, 6) is -0.0490. The van der Waals surface area contributed by atoms with Gasteiger partial charge in [-0.2, -0.15) is 0 Å². The number of unbranched alkanes of at least 4 members (excludes halogenated alkanes) is 1. The molecule has 0 aromatic heterocycles. The maximum atomic E-state index is 12.3. The van der Waals surface area contributed by atoms with Gasteiger partial charge in [-0.3, -0.25) is 4.79 Å². The van der Waals surface area contributed by atoms with Crippen LogP contribution in [0.2, 0.25) is 0 Å². The van der Waals surface area contributed by atoms with Crippen LogP contribution in [0.15, 0.2) is 48.7 Å². The molecule has 2 N–H and O–H groups in total. The van der Waals surface area contributed by atoms with E-state index in [4.69, 9.17) is 0 Å². The summed E-state index contributed by atoms with van der Waals surface area (Å²) in [7, 11) is 0. The van der Waals surface area contributed by atoms with Gasteiger partial charge >= 0.3 is 0 Å². The molecule has 4 heteroatoms. The molecule has 2 heterocycles. The van der Waals surface area contributed by atoms with Crippen molar-refractivity contribution in [3.8, 4) is 0 Å². The van der Waals surface area contributed by atoms with Crippen molar-refractivity contribution < 1.29 is 4.79 Å². The van der Waals surface area contributed by atoms with Crippen molar-refractivity contribution in [2.24, 2.45) is 0 Å². The average molecular weight is 390 g/mol. The molecule has 0 radical (unpaired) electrons. The number of carbonyl (C=O) groups is 1. The fourth-order valence-corrected chi connectivity index (χ4v) is 4.34. The van der Waals surface area contributed by atoms with Gasteiger partial charge in [-0.15, -0.1) is 0 Å². The summed E-state index contributed by atoms with van der Waals surface area (Å²) in [5, 5.41) is 6.23. The molecule has 4 rings (SSSR count). The minimum absolute atomic E-state index is 0.0490. The largest absolute Gasteiger partial charge is 0.361 e. The van der Waals surface area contributed by atoms with Crippen molar-refractivity contribution in [1.29, 1.82) is 0 Å². The molecular weight excluding hydrogens is 358 g/mol. The molecule has 0 aliphatic carbocycles. The molecule has 1 fully saturated rings. The molecule has 0 saturated carbocycles. The number of nitrogens with one attached hydrogen (secondary N) is 2. The maximum absolute atomic E-state index is 12.3. The molecule has 2 aromatic carbocycles. The summed E-state index contributed by atoms with van der Waals surface area (Å²) < 4.78 is 0. The van der Waals surface area contributed by atoms with Crippen molar-refractivity contribution in [3.05, 3.63) is 65.4 Å². The highest BCUT2D eigenvalue weighted by atomic mass is 16.2. The Morgan fingerprint density at radius 1 is 1.03 bits per heavy atom. The lowest BCUT2D eigenvalue weighted by molar-refractivity contribution is -0.110. The maximum Gasteiger partial charge on any atom is 0.257 e. The predicted molar refractivity (Wildman–Crippen MR) is 121 cm³/mol. The summed E-state index contributed by atoms with van der Waals surface area (Å²) in [6, 6.07) is 14.5. The standard InChI is InChI=1S/C25H31N3O/c1-19-8-7-10-23-24(19)22(25(29)27-23)18-26-21-13-11-20(12-14-21)9-3-6-17-28-15-4-2-5-16-28/h7-8,10-14,18,26H,2-6,9,15-17H2,1H3,(H,27,29). The van der Waals surface area contributed by atoms with Crippen LogP contribution in [0.1, 0.15) is 48.8 Å². The minimum Gasteiger partial charge on any atom is -0.361 e. The number of hydrogen-bond donors (Lipinski definition) is 2. The summed E-state index contributed by atoms with van der Waals surface area (Å²) in [4.78, 5) is 14.9. The number of amides is 1. The Balaban J connectivity index is 1.29. The van der Waals surface area contributed by atoms with Gasteiger partial charge in [0.2, 0.25) is 0 Å². The highest BCUT2D eigenvalue weighted by Crippen LogP contribution is 2.34. The first-order valence-electron chi connectivity index (χ1n) is 10.9. The Hall–Kier alpha value is -2.59. The van der Waals surface area contributed by atoms with Crippen molar-refractivity contribution in [3.63, 3.8) is 0 Å². The molecule has 0 bridgehead atoms. The number of carbonyl (C=O) groups excluding carboxylic acids is 1. The summed E-state index contributed by atoms with van der Waals surface area (Å²) in [6.45, 7) is 5.86. The van der Waals surface area contributed by atoms with Gasteiger partial charge in [-0.05, 0) is 88.0 Å². The lowest BCUT2D eigenvalue weighted by Gasteiger charge is -2.26. The zero-order valence-corrected chi connectivity index (χ0v) is 17.3. The van der Waals surface area contributed by atoms with Crippen LogP contribution in [0.4, 0.5) is 11.4 Å². The lowest BCUT2D eigenvalue weighted by Crippen LogP contribution is -2.30. The fourth-order valence-electron chi connectivity index (χ4n) is 4.34. The number of anilines is 2. The molecule has 2 aromatic rings. The van der Waals surface area contributed by atoms with Crippen LogP contribution in [0.5, 0.6) is 0 Å². The number of fused-ring (bicyclic) bond motifs is 1. The van der Waals surface area contributed by atoms with Crippen molar-refractivity contribution in [2.75, 3.05) is 30.3 Å². The fraction of sp³-hybridized carbons (Fsp3) is 0.400. The molecule has 152 valence electrons. The average Bonchev–Trinajstić information content (AvgIpc) is 3.07. The van der Waals surface area contributed by atoms with Gasteiger partial charge in [-0.1, -0.05) is 30.7 Å². The molecular formula is C25H31N3O. The quantitative estimate of drug-likeness (QED) is 0.505. The molecule has 0 unspecified atom stereocenters. The van der Waals surface area contributed by atoms with Crippen molar-refractivity contribution in [1.82, 2.24) is 4.90 Å². The Morgan fingerprint density at radius 2 is 1.83 bits per heavy atom. The number of likely N-dealkylation sites (tertiary alicyclic amines) is 1. The molecule has 0 atom stereocenters. The Morgan fingerprint density at radius 3 is 2.62 bits per heavy atom.